The maximum absolute atomic E-state index is 13.3. The van der Waals surface area contributed by atoms with E-state index >= 15 is 0 Å². The summed E-state index contributed by atoms with van der Waals surface area (Å²) in [6, 6.07) is 4.98. The summed E-state index contributed by atoms with van der Waals surface area (Å²) in [5, 5.41) is 4.24. The van der Waals surface area contributed by atoms with Crippen LogP contribution in [0.3, 0.4) is 0 Å². The number of hydrogen-bond acceptors (Lipinski definition) is 2. The molecule has 0 saturated heterocycles. The lowest BCUT2D eigenvalue weighted by Crippen LogP contribution is -2.05. The molecule has 0 amide bonds. The lowest BCUT2D eigenvalue weighted by atomic mass is 10.2. The fraction of sp³-hybridized carbons (Fsp3) is 0.273. The summed E-state index contributed by atoms with van der Waals surface area (Å²) in [5.74, 6) is 1.30. The zero-order chi connectivity index (χ0) is 11.7. The van der Waals surface area contributed by atoms with E-state index in [-0.39, 0.29) is 5.82 Å². The van der Waals surface area contributed by atoms with Crippen LogP contribution in [-0.4, -0.2) is 14.8 Å². The van der Waals surface area contributed by atoms with Crippen molar-refractivity contribution in [2.24, 2.45) is 0 Å². The van der Waals surface area contributed by atoms with Crippen LogP contribution in [0.2, 0.25) is 0 Å². The number of aryl methyl sites for hydroxylation is 2. The molecule has 1 aromatic heterocycles. The van der Waals surface area contributed by atoms with Gasteiger partial charge in [0.25, 0.3) is 0 Å². The van der Waals surface area contributed by atoms with E-state index in [9.17, 15) is 4.39 Å². The molecule has 0 spiro atoms. The first-order chi connectivity index (χ1) is 7.58. The van der Waals surface area contributed by atoms with Crippen LogP contribution in [0.15, 0.2) is 22.7 Å². The lowest BCUT2D eigenvalue weighted by molar-refractivity contribution is 0.607. The van der Waals surface area contributed by atoms with E-state index in [2.05, 4.69) is 26.0 Å². The quantitative estimate of drug-likeness (QED) is 0.849. The average molecular weight is 284 g/mol. The molecule has 16 heavy (non-hydrogen) atoms. The molecule has 84 valence electrons. The van der Waals surface area contributed by atoms with Crippen LogP contribution in [-0.2, 0) is 6.54 Å². The highest BCUT2D eigenvalue weighted by atomic mass is 79.9. The molecule has 0 fully saturated rings. The Labute approximate surface area is 101 Å². The van der Waals surface area contributed by atoms with Gasteiger partial charge in [-0.05, 0) is 41.4 Å². The Morgan fingerprint density at radius 1 is 1.38 bits per heavy atom. The van der Waals surface area contributed by atoms with Gasteiger partial charge in [-0.15, -0.1) is 0 Å². The third-order valence-electron chi connectivity index (χ3n) is 2.31. The van der Waals surface area contributed by atoms with Crippen molar-refractivity contribution in [1.82, 2.24) is 14.8 Å². The molecule has 1 heterocycles. The van der Waals surface area contributed by atoms with Crippen LogP contribution in [0.1, 0.15) is 17.2 Å². The summed E-state index contributed by atoms with van der Waals surface area (Å²) in [4.78, 5) is 4.20. The minimum Gasteiger partial charge on any atom is -0.246 e. The van der Waals surface area contributed by atoms with E-state index in [1.807, 2.05) is 19.9 Å². The Bertz CT molecular complexity index is 522. The minimum absolute atomic E-state index is 0.257. The van der Waals surface area contributed by atoms with Crippen LogP contribution in [0, 0.1) is 19.7 Å². The molecule has 0 atom stereocenters. The molecule has 1 aromatic carbocycles. The largest absolute Gasteiger partial charge is 0.246 e. The highest BCUT2D eigenvalue weighted by Crippen LogP contribution is 2.21. The number of nitrogens with zero attached hydrogens (tertiary/aromatic N) is 3. The van der Waals surface area contributed by atoms with Gasteiger partial charge in [-0.3, -0.25) is 0 Å². The second kappa shape index (κ2) is 4.33. The molecule has 0 saturated carbocycles. The summed E-state index contributed by atoms with van der Waals surface area (Å²) in [6.07, 6.45) is 0. The van der Waals surface area contributed by atoms with Crippen molar-refractivity contribution >= 4 is 15.9 Å². The Kier molecular flexibility index (Phi) is 3.05. The van der Waals surface area contributed by atoms with Crippen molar-refractivity contribution in [3.8, 4) is 0 Å². The van der Waals surface area contributed by atoms with Gasteiger partial charge in [-0.1, -0.05) is 12.1 Å². The van der Waals surface area contributed by atoms with Gasteiger partial charge in [-0.25, -0.2) is 14.1 Å². The third kappa shape index (κ3) is 2.14. The molecule has 0 aliphatic rings. The molecular weight excluding hydrogens is 273 g/mol. The highest BCUT2D eigenvalue weighted by Gasteiger charge is 2.08. The van der Waals surface area contributed by atoms with Crippen LogP contribution in [0.4, 0.5) is 4.39 Å². The van der Waals surface area contributed by atoms with Crippen molar-refractivity contribution in [2.45, 2.75) is 20.4 Å². The lowest BCUT2D eigenvalue weighted by Gasteiger charge is -2.06. The summed E-state index contributed by atoms with van der Waals surface area (Å²) in [6.45, 7) is 4.24. The molecule has 5 heteroatoms. The molecular formula is C11H11BrFN3. The Morgan fingerprint density at radius 2 is 2.12 bits per heavy atom. The highest BCUT2D eigenvalue weighted by molar-refractivity contribution is 9.10. The van der Waals surface area contributed by atoms with Crippen LogP contribution < -0.4 is 0 Å². The van der Waals surface area contributed by atoms with Gasteiger partial charge < -0.3 is 0 Å². The van der Waals surface area contributed by atoms with E-state index < -0.39 is 0 Å². The number of aromatic nitrogens is 3. The minimum atomic E-state index is -0.257. The normalized spacial score (nSPS) is 10.8. The third-order valence-corrected chi connectivity index (χ3v) is 3.20. The van der Waals surface area contributed by atoms with E-state index in [1.54, 1.807) is 10.7 Å². The van der Waals surface area contributed by atoms with Gasteiger partial charge in [0.2, 0.25) is 0 Å². The van der Waals surface area contributed by atoms with Gasteiger partial charge in [0, 0.05) is 0 Å². The number of rotatable bonds is 2. The second-order valence-electron chi connectivity index (χ2n) is 3.58. The first-order valence-electron chi connectivity index (χ1n) is 4.89. The maximum atomic E-state index is 13.3. The zero-order valence-corrected chi connectivity index (χ0v) is 10.6. The van der Waals surface area contributed by atoms with Crippen molar-refractivity contribution in [2.75, 3.05) is 0 Å². The number of halogens is 2. The SMILES string of the molecule is Cc1nc(C)n(Cc2cccc(F)c2Br)n1. The average Bonchev–Trinajstić information content (AvgIpc) is 2.53. The topological polar surface area (TPSA) is 30.7 Å². The molecule has 2 rings (SSSR count). The molecule has 0 aliphatic carbocycles. The van der Waals surface area contributed by atoms with Crippen LogP contribution >= 0.6 is 15.9 Å². The Balaban J connectivity index is 2.34. The van der Waals surface area contributed by atoms with Crippen molar-refractivity contribution in [1.29, 1.82) is 0 Å². The van der Waals surface area contributed by atoms with Crippen molar-refractivity contribution in [3.63, 3.8) is 0 Å². The molecule has 2 aromatic rings. The summed E-state index contributed by atoms with van der Waals surface area (Å²) in [5.41, 5.74) is 0.855. The van der Waals surface area contributed by atoms with Gasteiger partial charge in [0.15, 0.2) is 0 Å². The van der Waals surface area contributed by atoms with Crippen molar-refractivity contribution < 1.29 is 4.39 Å². The fourth-order valence-electron chi connectivity index (χ4n) is 1.54. The van der Waals surface area contributed by atoms with Crippen LogP contribution in [0.25, 0.3) is 0 Å². The van der Waals surface area contributed by atoms with E-state index in [0.717, 1.165) is 17.2 Å². The maximum Gasteiger partial charge on any atom is 0.147 e. The van der Waals surface area contributed by atoms with Crippen LogP contribution in [0.5, 0.6) is 0 Å². The van der Waals surface area contributed by atoms with E-state index in [0.29, 0.717) is 11.0 Å². The molecule has 0 N–H and O–H groups in total. The van der Waals surface area contributed by atoms with Crippen molar-refractivity contribution in [3.05, 3.63) is 45.7 Å². The van der Waals surface area contributed by atoms with Gasteiger partial charge in [0.1, 0.15) is 17.5 Å². The predicted octanol–water partition coefficient (Wildman–Crippen LogP) is 2.84. The first-order valence-corrected chi connectivity index (χ1v) is 5.68. The van der Waals surface area contributed by atoms with Gasteiger partial charge in [-0.2, -0.15) is 5.10 Å². The zero-order valence-electron chi connectivity index (χ0n) is 9.04. The molecule has 0 radical (unpaired) electrons. The number of hydrogen-bond donors (Lipinski definition) is 0. The standard InChI is InChI=1S/C11H11BrFN3/c1-7-14-8(2)16(15-7)6-9-4-3-5-10(13)11(9)12/h3-5H,6H2,1-2H3. The van der Waals surface area contributed by atoms with E-state index in [1.165, 1.54) is 6.07 Å². The number of benzene rings is 1. The second-order valence-corrected chi connectivity index (χ2v) is 4.37. The molecule has 0 unspecified atom stereocenters. The summed E-state index contributed by atoms with van der Waals surface area (Å²) >= 11 is 3.23. The Hall–Kier alpha value is -1.23. The predicted molar refractivity (Wildman–Crippen MR) is 62.7 cm³/mol. The molecule has 3 nitrogen and oxygen atoms in total. The summed E-state index contributed by atoms with van der Waals surface area (Å²) < 4.78 is 15.5. The monoisotopic (exact) mass is 283 g/mol. The molecule has 0 bridgehead atoms. The van der Waals surface area contributed by atoms with Gasteiger partial charge >= 0.3 is 0 Å². The smallest absolute Gasteiger partial charge is 0.147 e. The first kappa shape index (κ1) is 11.3. The van der Waals surface area contributed by atoms with Gasteiger partial charge in [0.05, 0.1) is 11.0 Å². The van der Waals surface area contributed by atoms with E-state index in [4.69, 9.17) is 0 Å². The summed E-state index contributed by atoms with van der Waals surface area (Å²) in [7, 11) is 0. The Morgan fingerprint density at radius 3 is 2.75 bits per heavy atom. The fourth-order valence-corrected chi connectivity index (χ4v) is 1.93. The molecule has 0 aliphatic heterocycles.